The molecule has 1 aliphatic heterocycles. The highest BCUT2D eigenvalue weighted by atomic mass is 79.9. The Morgan fingerprint density at radius 2 is 2.00 bits per heavy atom. The molecule has 0 amide bonds. The number of pyridine rings is 1. The fraction of sp³-hybridized carbons (Fsp3) is 0.667. The van der Waals surface area contributed by atoms with E-state index in [1.54, 1.807) is 0 Å². The van der Waals surface area contributed by atoms with Gasteiger partial charge in [-0.25, -0.2) is 4.98 Å². The minimum Gasteiger partial charge on any atom is -0.314 e. The molecule has 122 valence electrons. The molecule has 0 spiro atoms. The topological polar surface area (TPSA) is 28.2 Å². The molecular formula is C15H26BrCl2N3. The average Bonchev–Trinajstić information content (AvgIpc) is 2.46. The molecule has 1 atom stereocenters. The molecule has 1 N–H and O–H groups in total. The summed E-state index contributed by atoms with van der Waals surface area (Å²) in [5.74, 6) is 0. The van der Waals surface area contributed by atoms with Crippen LogP contribution < -0.4 is 5.32 Å². The number of halogens is 3. The van der Waals surface area contributed by atoms with Crippen molar-refractivity contribution in [1.29, 1.82) is 0 Å². The van der Waals surface area contributed by atoms with Crippen LogP contribution in [0.5, 0.6) is 0 Å². The predicted molar refractivity (Wildman–Crippen MR) is 97.8 cm³/mol. The van der Waals surface area contributed by atoms with Crippen molar-refractivity contribution in [1.82, 2.24) is 15.2 Å². The Hall–Kier alpha value is 0.130. The van der Waals surface area contributed by atoms with Crippen LogP contribution in [0.4, 0.5) is 0 Å². The summed E-state index contributed by atoms with van der Waals surface area (Å²) in [6.45, 7) is 6.74. The molecule has 1 aromatic rings. The Balaban J connectivity index is 0.00000200. The van der Waals surface area contributed by atoms with Crippen LogP contribution in [-0.4, -0.2) is 36.1 Å². The molecule has 0 aromatic carbocycles. The highest BCUT2D eigenvalue weighted by Crippen LogP contribution is 2.30. The molecule has 1 aromatic heterocycles. The fourth-order valence-corrected chi connectivity index (χ4v) is 3.28. The molecule has 1 aliphatic rings. The molecule has 2 rings (SSSR count). The van der Waals surface area contributed by atoms with E-state index in [0.717, 1.165) is 30.8 Å². The van der Waals surface area contributed by atoms with Crippen molar-refractivity contribution in [2.75, 3.05) is 26.2 Å². The Kier molecular flexibility index (Phi) is 11.7. The number of aromatic nitrogens is 1. The molecule has 21 heavy (non-hydrogen) atoms. The lowest BCUT2D eigenvalue weighted by Gasteiger charge is -2.35. The van der Waals surface area contributed by atoms with Crippen LogP contribution in [0, 0.1) is 0 Å². The highest BCUT2D eigenvalue weighted by Gasteiger charge is 2.23. The first-order chi connectivity index (χ1) is 9.33. The van der Waals surface area contributed by atoms with E-state index < -0.39 is 0 Å². The molecule has 0 saturated carbocycles. The van der Waals surface area contributed by atoms with Crippen LogP contribution >= 0.6 is 40.7 Å². The first-order valence-corrected chi connectivity index (χ1v) is 8.17. The summed E-state index contributed by atoms with van der Waals surface area (Å²) in [6, 6.07) is 4.78. The van der Waals surface area contributed by atoms with Crippen molar-refractivity contribution in [3.8, 4) is 0 Å². The Bertz CT molecular complexity index is 387. The van der Waals surface area contributed by atoms with Gasteiger partial charge < -0.3 is 5.32 Å². The number of unbranched alkanes of at least 4 members (excludes halogenated alkanes) is 2. The maximum atomic E-state index is 4.40. The summed E-state index contributed by atoms with van der Waals surface area (Å²) >= 11 is 3.62. The minimum absolute atomic E-state index is 0. The van der Waals surface area contributed by atoms with Crippen LogP contribution in [0.25, 0.3) is 0 Å². The van der Waals surface area contributed by atoms with Gasteiger partial charge in [-0.1, -0.05) is 32.3 Å². The van der Waals surface area contributed by atoms with Crippen molar-refractivity contribution in [3.63, 3.8) is 0 Å². The zero-order chi connectivity index (χ0) is 13.5. The van der Waals surface area contributed by atoms with Gasteiger partial charge in [0, 0.05) is 44.0 Å². The predicted octanol–water partition coefficient (Wildman–Crippen LogP) is 4.21. The van der Waals surface area contributed by atoms with Gasteiger partial charge in [-0.2, -0.15) is 0 Å². The van der Waals surface area contributed by atoms with Crippen LogP contribution in [0.3, 0.4) is 0 Å². The van der Waals surface area contributed by atoms with E-state index in [-0.39, 0.29) is 24.8 Å². The Labute approximate surface area is 149 Å². The second-order valence-corrected chi connectivity index (χ2v) is 5.93. The molecule has 0 aliphatic carbocycles. The van der Waals surface area contributed by atoms with E-state index in [0.29, 0.717) is 6.04 Å². The van der Waals surface area contributed by atoms with Gasteiger partial charge in [-0.05, 0) is 28.4 Å². The largest absolute Gasteiger partial charge is 0.314 e. The molecule has 1 fully saturated rings. The summed E-state index contributed by atoms with van der Waals surface area (Å²) in [6.07, 6.45) is 6.99. The number of rotatable bonds is 6. The first-order valence-electron chi connectivity index (χ1n) is 7.38. The quantitative estimate of drug-likeness (QED) is 0.574. The van der Waals surface area contributed by atoms with Crippen molar-refractivity contribution in [2.45, 2.75) is 38.6 Å². The fourth-order valence-electron chi connectivity index (χ4n) is 2.76. The number of piperazine rings is 1. The van der Waals surface area contributed by atoms with Gasteiger partial charge >= 0.3 is 0 Å². The Morgan fingerprint density at radius 1 is 1.29 bits per heavy atom. The second kappa shape index (κ2) is 11.7. The third-order valence-corrected chi connectivity index (χ3v) is 4.48. The van der Waals surface area contributed by atoms with Gasteiger partial charge in [0.15, 0.2) is 0 Å². The third kappa shape index (κ3) is 6.41. The third-order valence-electron chi connectivity index (χ3n) is 3.82. The van der Waals surface area contributed by atoms with Crippen LogP contribution in [0.1, 0.15) is 44.2 Å². The van der Waals surface area contributed by atoms with E-state index in [9.17, 15) is 0 Å². The van der Waals surface area contributed by atoms with Crippen LogP contribution in [0.15, 0.2) is 22.9 Å². The molecular weight excluding hydrogens is 373 g/mol. The lowest BCUT2D eigenvalue weighted by atomic mass is 9.99. The monoisotopic (exact) mass is 397 g/mol. The molecule has 2 heterocycles. The molecule has 6 heteroatoms. The lowest BCUT2D eigenvalue weighted by molar-refractivity contribution is 0.162. The van der Waals surface area contributed by atoms with Crippen LogP contribution in [0.2, 0.25) is 0 Å². The first kappa shape index (κ1) is 21.1. The maximum absolute atomic E-state index is 4.40. The smallest absolute Gasteiger partial charge is 0.110 e. The van der Waals surface area contributed by atoms with Gasteiger partial charge in [-0.3, -0.25) is 4.90 Å². The van der Waals surface area contributed by atoms with E-state index in [2.05, 4.69) is 50.2 Å². The molecule has 1 saturated heterocycles. The average molecular weight is 399 g/mol. The van der Waals surface area contributed by atoms with Crippen molar-refractivity contribution < 1.29 is 0 Å². The van der Waals surface area contributed by atoms with E-state index >= 15 is 0 Å². The maximum Gasteiger partial charge on any atom is 0.110 e. The van der Waals surface area contributed by atoms with E-state index in [4.69, 9.17) is 0 Å². The van der Waals surface area contributed by atoms with Crippen LogP contribution in [-0.2, 0) is 0 Å². The molecule has 0 unspecified atom stereocenters. The van der Waals surface area contributed by atoms with Crippen molar-refractivity contribution >= 4 is 40.7 Å². The molecule has 3 nitrogen and oxygen atoms in total. The molecule has 0 bridgehead atoms. The van der Waals surface area contributed by atoms with E-state index in [1.807, 2.05) is 6.20 Å². The normalized spacial score (nSPS) is 16.7. The SMILES string of the molecule is CCCCC[C@@H](c1cccnc1Br)N1CCNCC1.Cl.Cl. The molecule has 0 radical (unpaired) electrons. The Morgan fingerprint density at radius 3 is 2.62 bits per heavy atom. The zero-order valence-electron chi connectivity index (χ0n) is 12.6. The van der Waals surface area contributed by atoms with Crippen molar-refractivity contribution in [2.24, 2.45) is 0 Å². The van der Waals surface area contributed by atoms with Gasteiger partial charge in [0.1, 0.15) is 4.60 Å². The number of hydrogen-bond acceptors (Lipinski definition) is 3. The highest BCUT2D eigenvalue weighted by molar-refractivity contribution is 9.10. The van der Waals surface area contributed by atoms with E-state index in [1.165, 1.54) is 31.2 Å². The summed E-state index contributed by atoms with van der Waals surface area (Å²) in [7, 11) is 0. The lowest BCUT2D eigenvalue weighted by Crippen LogP contribution is -2.45. The van der Waals surface area contributed by atoms with Gasteiger partial charge in [0.05, 0.1) is 0 Å². The number of hydrogen-bond donors (Lipinski definition) is 1. The van der Waals surface area contributed by atoms with Gasteiger partial charge in [0.2, 0.25) is 0 Å². The number of nitrogens with zero attached hydrogens (tertiary/aromatic N) is 2. The zero-order valence-corrected chi connectivity index (χ0v) is 15.8. The van der Waals surface area contributed by atoms with Crippen molar-refractivity contribution in [3.05, 3.63) is 28.5 Å². The van der Waals surface area contributed by atoms with Gasteiger partial charge in [0.25, 0.3) is 0 Å². The minimum atomic E-state index is 0. The standard InChI is InChI=1S/C15H24BrN3.2ClH/c1-2-3-4-7-14(19-11-9-17-10-12-19)13-6-5-8-18-15(13)16;;/h5-6,8,14,17H,2-4,7,9-12H2,1H3;2*1H/t14-;;/m0../s1. The summed E-state index contributed by atoms with van der Waals surface area (Å²) in [4.78, 5) is 7.00. The summed E-state index contributed by atoms with van der Waals surface area (Å²) in [5.41, 5.74) is 1.35. The summed E-state index contributed by atoms with van der Waals surface area (Å²) in [5, 5.41) is 3.43. The van der Waals surface area contributed by atoms with Gasteiger partial charge in [-0.15, -0.1) is 24.8 Å². The summed E-state index contributed by atoms with van der Waals surface area (Å²) < 4.78 is 1.01. The second-order valence-electron chi connectivity index (χ2n) is 5.18. The number of nitrogens with one attached hydrogen (secondary N) is 1.